The normalized spacial score (nSPS) is 14.3. The summed E-state index contributed by atoms with van der Waals surface area (Å²) in [5.41, 5.74) is 2.99. The number of anilines is 1. The number of imide groups is 1. The van der Waals surface area contributed by atoms with Gasteiger partial charge in [0.25, 0.3) is 5.91 Å². The van der Waals surface area contributed by atoms with Crippen molar-refractivity contribution in [1.82, 2.24) is 10.2 Å². The van der Waals surface area contributed by atoms with Gasteiger partial charge in [-0.15, -0.1) is 0 Å². The van der Waals surface area contributed by atoms with Crippen LogP contribution in [0, 0.1) is 6.92 Å². The Morgan fingerprint density at radius 2 is 1.80 bits per heavy atom. The Labute approximate surface area is 212 Å². The van der Waals surface area contributed by atoms with Crippen LogP contribution in [0.25, 0.3) is 6.08 Å². The molecule has 0 aromatic heterocycles. The molecule has 1 aliphatic rings. The van der Waals surface area contributed by atoms with Gasteiger partial charge in [-0.1, -0.05) is 65.2 Å². The summed E-state index contributed by atoms with van der Waals surface area (Å²) in [6.07, 6.45) is 1.51. The fraction of sp³-hybridized carbons (Fsp3) is 0.115. The predicted molar refractivity (Wildman–Crippen MR) is 135 cm³/mol. The number of carbonyl (C=O) groups is 3. The van der Waals surface area contributed by atoms with Gasteiger partial charge in [-0.25, -0.2) is 9.69 Å². The summed E-state index contributed by atoms with van der Waals surface area (Å²) < 4.78 is 5.91. The lowest BCUT2D eigenvalue weighted by Gasteiger charge is -2.12. The second-order valence-electron chi connectivity index (χ2n) is 7.86. The third kappa shape index (κ3) is 6.01. The standard InChI is InChI=1S/C26H21Cl2N3O4/c1-16-6-10-20(11-7-16)29-24(32)14-31-25(33)22(30-26(31)34)12-17-4-2-3-5-23(17)35-15-18-8-9-19(27)13-21(18)28/h2-13H,14-15H2,1H3,(H,29,32)(H,30,34)/b22-12+. The first-order chi connectivity index (χ1) is 16.8. The molecule has 0 spiro atoms. The molecule has 4 amide bonds. The van der Waals surface area contributed by atoms with E-state index in [9.17, 15) is 14.4 Å². The highest BCUT2D eigenvalue weighted by molar-refractivity contribution is 6.35. The molecule has 1 aliphatic heterocycles. The van der Waals surface area contributed by atoms with E-state index in [0.29, 0.717) is 27.0 Å². The molecule has 0 radical (unpaired) electrons. The molecule has 4 rings (SSSR count). The number of carbonyl (C=O) groups excluding carboxylic acids is 3. The van der Waals surface area contributed by atoms with Gasteiger partial charge in [-0.2, -0.15) is 0 Å². The molecule has 9 heteroatoms. The lowest BCUT2D eigenvalue weighted by Crippen LogP contribution is -2.38. The highest BCUT2D eigenvalue weighted by Crippen LogP contribution is 2.26. The molecular formula is C26H21Cl2N3O4. The summed E-state index contributed by atoms with van der Waals surface area (Å²) in [6, 6.07) is 18.7. The average Bonchev–Trinajstić information content (AvgIpc) is 3.08. The second-order valence-corrected chi connectivity index (χ2v) is 8.70. The summed E-state index contributed by atoms with van der Waals surface area (Å²) >= 11 is 12.2. The van der Waals surface area contributed by atoms with Crippen LogP contribution in [0.5, 0.6) is 5.75 Å². The third-order valence-electron chi connectivity index (χ3n) is 5.22. The molecule has 2 N–H and O–H groups in total. The second kappa shape index (κ2) is 10.6. The van der Waals surface area contributed by atoms with Crippen LogP contribution in [0.2, 0.25) is 10.0 Å². The maximum atomic E-state index is 12.8. The number of hydrogen-bond acceptors (Lipinski definition) is 4. The Kier molecular flexibility index (Phi) is 7.39. The zero-order chi connectivity index (χ0) is 24.9. The van der Waals surface area contributed by atoms with Crippen molar-refractivity contribution in [3.8, 4) is 5.75 Å². The zero-order valence-corrected chi connectivity index (χ0v) is 20.2. The largest absolute Gasteiger partial charge is 0.488 e. The number of ether oxygens (including phenoxy) is 1. The molecule has 0 bridgehead atoms. The van der Waals surface area contributed by atoms with Gasteiger partial charge in [-0.05, 0) is 43.3 Å². The molecule has 7 nitrogen and oxygen atoms in total. The van der Waals surface area contributed by atoms with Crippen molar-refractivity contribution in [2.45, 2.75) is 13.5 Å². The number of hydrogen-bond donors (Lipinski definition) is 2. The maximum absolute atomic E-state index is 12.8. The van der Waals surface area contributed by atoms with Crippen LogP contribution < -0.4 is 15.4 Å². The van der Waals surface area contributed by atoms with Crippen LogP contribution >= 0.6 is 23.2 Å². The van der Waals surface area contributed by atoms with Gasteiger partial charge in [0.2, 0.25) is 5.91 Å². The van der Waals surface area contributed by atoms with Crippen LogP contribution in [0.15, 0.2) is 72.4 Å². The van der Waals surface area contributed by atoms with Gasteiger partial charge in [-0.3, -0.25) is 9.59 Å². The molecule has 35 heavy (non-hydrogen) atoms. The lowest BCUT2D eigenvalue weighted by atomic mass is 10.1. The Morgan fingerprint density at radius 1 is 1.06 bits per heavy atom. The number of halogens is 2. The molecule has 0 aliphatic carbocycles. The van der Waals surface area contributed by atoms with E-state index < -0.39 is 24.4 Å². The minimum absolute atomic E-state index is 0.0405. The van der Waals surface area contributed by atoms with Gasteiger partial charge in [0.15, 0.2) is 0 Å². The van der Waals surface area contributed by atoms with Crippen molar-refractivity contribution in [3.05, 3.63) is 99.2 Å². The van der Waals surface area contributed by atoms with Crippen LogP contribution in [0.4, 0.5) is 10.5 Å². The number of nitrogens with zero attached hydrogens (tertiary/aromatic N) is 1. The Morgan fingerprint density at radius 3 is 2.54 bits per heavy atom. The van der Waals surface area contributed by atoms with E-state index in [-0.39, 0.29) is 12.3 Å². The smallest absolute Gasteiger partial charge is 0.329 e. The Hall–Kier alpha value is -3.81. The van der Waals surface area contributed by atoms with Gasteiger partial charge < -0.3 is 15.4 Å². The molecule has 0 saturated carbocycles. The monoisotopic (exact) mass is 509 g/mol. The number of rotatable bonds is 7. The lowest BCUT2D eigenvalue weighted by molar-refractivity contribution is -0.127. The quantitative estimate of drug-likeness (QED) is 0.329. The number of amides is 4. The van der Waals surface area contributed by atoms with Gasteiger partial charge in [0.05, 0.1) is 0 Å². The summed E-state index contributed by atoms with van der Waals surface area (Å²) in [5.74, 6) is -0.601. The van der Waals surface area contributed by atoms with Gasteiger partial charge in [0, 0.05) is 26.9 Å². The summed E-state index contributed by atoms with van der Waals surface area (Å²) in [4.78, 5) is 38.5. The topological polar surface area (TPSA) is 87.7 Å². The molecule has 3 aromatic carbocycles. The van der Waals surface area contributed by atoms with Crippen molar-refractivity contribution in [1.29, 1.82) is 0 Å². The fourth-order valence-electron chi connectivity index (χ4n) is 3.38. The van der Waals surface area contributed by atoms with E-state index in [0.717, 1.165) is 16.0 Å². The first kappa shape index (κ1) is 24.3. The zero-order valence-electron chi connectivity index (χ0n) is 18.7. The minimum Gasteiger partial charge on any atom is -0.488 e. The van der Waals surface area contributed by atoms with E-state index in [1.54, 1.807) is 54.6 Å². The first-order valence-corrected chi connectivity index (χ1v) is 11.4. The van der Waals surface area contributed by atoms with Gasteiger partial charge in [0.1, 0.15) is 24.6 Å². The van der Waals surface area contributed by atoms with Crippen LogP contribution in [0.3, 0.4) is 0 Å². The first-order valence-electron chi connectivity index (χ1n) is 10.7. The highest BCUT2D eigenvalue weighted by Gasteiger charge is 2.35. The molecule has 178 valence electrons. The van der Waals surface area contributed by atoms with Crippen molar-refractivity contribution < 1.29 is 19.1 Å². The van der Waals surface area contributed by atoms with Crippen molar-refractivity contribution in [2.75, 3.05) is 11.9 Å². The number of nitrogens with one attached hydrogen (secondary N) is 2. The summed E-state index contributed by atoms with van der Waals surface area (Å²) in [5, 5.41) is 6.20. The number of urea groups is 1. The van der Waals surface area contributed by atoms with E-state index in [1.165, 1.54) is 6.08 Å². The molecule has 1 fully saturated rings. The molecule has 1 heterocycles. The van der Waals surface area contributed by atoms with Gasteiger partial charge >= 0.3 is 6.03 Å². The van der Waals surface area contributed by atoms with E-state index >= 15 is 0 Å². The van der Waals surface area contributed by atoms with Crippen molar-refractivity contribution in [3.63, 3.8) is 0 Å². The van der Waals surface area contributed by atoms with E-state index in [4.69, 9.17) is 27.9 Å². The van der Waals surface area contributed by atoms with Crippen LogP contribution in [0.1, 0.15) is 16.7 Å². The summed E-state index contributed by atoms with van der Waals surface area (Å²) in [6.45, 7) is 1.70. The third-order valence-corrected chi connectivity index (χ3v) is 5.80. The van der Waals surface area contributed by atoms with E-state index in [1.807, 2.05) is 19.1 Å². The van der Waals surface area contributed by atoms with E-state index in [2.05, 4.69) is 10.6 Å². The Bertz CT molecular complexity index is 1320. The SMILES string of the molecule is Cc1ccc(NC(=O)CN2C(=O)N/C(=C/c3ccccc3OCc3ccc(Cl)cc3Cl)C2=O)cc1. The average molecular weight is 510 g/mol. The van der Waals surface area contributed by atoms with Crippen molar-refractivity contribution in [2.24, 2.45) is 0 Å². The predicted octanol–water partition coefficient (Wildman–Crippen LogP) is 5.41. The molecule has 1 saturated heterocycles. The number of aryl methyl sites for hydroxylation is 1. The molecule has 3 aromatic rings. The van der Waals surface area contributed by atoms with Crippen LogP contribution in [-0.4, -0.2) is 29.3 Å². The van der Waals surface area contributed by atoms with Crippen molar-refractivity contribution >= 4 is 52.8 Å². The maximum Gasteiger partial charge on any atom is 0.329 e. The number of para-hydroxylation sites is 1. The molecular weight excluding hydrogens is 489 g/mol. The fourth-order valence-corrected chi connectivity index (χ4v) is 3.84. The summed E-state index contributed by atoms with van der Waals surface area (Å²) in [7, 11) is 0. The molecule has 0 atom stereocenters. The minimum atomic E-state index is -0.674. The molecule has 0 unspecified atom stereocenters. The highest BCUT2D eigenvalue weighted by atomic mass is 35.5. The van der Waals surface area contributed by atoms with Crippen LogP contribution in [-0.2, 0) is 16.2 Å². The number of benzene rings is 3. The Balaban J connectivity index is 1.45.